The number of hydrogen-bond acceptors (Lipinski definition) is 5. The lowest BCUT2D eigenvalue weighted by atomic mass is 10.1. The Morgan fingerprint density at radius 3 is 2.88 bits per heavy atom. The quantitative estimate of drug-likeness (QED) is 0.355. The molecule has 1 atom stereocenters. The van der Waals surface area contributed by atoms with Gasteiger partial charge in [-0.1, -0.05) is 18.2 Å². The molecule has 5 rings (SSSR count). The van der Waals surface area contributed by atoms with E-state index in [9.17, 15) is 4.79 Å². The fourth-order valence-electron chi connectivity index (χ4n) is 3.87. The van der Waals surface area contributed by atoms with Crippen molar-refractivity contribution in [2.45, 2.75) is 18.9 Å². The average Bonchev–Trinajstić information content (AvgIpc) is 3.30. The number of rotatable bonds is 7. The van der Waals surface area contributed by atoms with Crippen molar-refractivity contribution in [1.82, 2.24) is 20.5 Å². The Morgan fingerprint density at radius 1 is 1.12 bits per heavy atom. The summed E-state index contributed by atoms with van der Waals surface area (Å²) in [6, 6.07) is 19.2. The number of benzene rings is 2. The summed E-state index contributed by atoms with van der Waals surface area (Å²) in [5.74, 6) is -0.134. The van der Waals surface area contributed by atoms with Crippen LogP contribution in [-0.2, 0) is 4.74 Å². The van der Waals surface area contributed by atoms with Crippen LogP contribution in [-0.4, -0.2) is 33.7 Å². The van der Waals surface area contributed by atoms with Crippen LogP contribution in [0.3, 0.4) is 0 Å². The number of pyridine rings is 1. The molecule has 0 fully saturated rings. The number of anilines is 2. The number of H-pyrrole nitrogens is 1. The van der Waals surface area contributed by atoms with Crippen LogP contribution in [0.5, 0.6) is 0 Å². The van der Waals surface area contributed by atoms with Crippen LogP contribution in [0.2, 0.25) is 0 Å². The Kier molecular flexibility index (Phi) is 6.34. The number of allylic oxidation sites excluding steroid dienone is 1. The van der Waals surface area contributed by atoms with Crippen LogP contribution in [0.1, 0.15) is 34.6 Å². The van der Waals surface area contributed by atoms with E-state index in [0.29, 0.717) is 12.1 Å². The van der Waals surface area contributed by atoms with Gasteiger partial charge < -0.3 is 15.4 Å². The number of fused-ring (bicyclic) bond motifs is 1. The number of para-hydroxylation sites is 1. The van der Waals surface area contributed by atoms with Crippen LogP contribution in [0.25, 0.3) is 23.1 Å². The van der Waals surface area contributed by atoms with Gasteiger partial charge in [0, 0.05) is 17.3 Å². The molecule has 0 aliphatic carbocycles. The Morgan fingerprint density at radius 2 is 2.03 bits per heavy atom. The average molecular weight is 452 g/mol. The molecule has 0 saturated carbocycles. The molecule has 3 N–H and O–H groups in total. The van der Waals surface area contributed by atoms with Crippen LogP contribution in [0.15, 0.2) is 79.2 Å². The highest BCUT2D eigenvalue weighted by Crippen LogP contribution is 2.26. The minimum Gasteiger partial charge on any atom is -0.497 e. The molecule has 1 aliphatic heterocycles. The Balaban J connectivity index is 1.30. The van der Waals surface area contributed by atoms with Crippen molar-refractivity contribution in [2.24, 2.45) is 0 Å². The second-order valence-electron chi connectivity index (χ2n) is 8.04. The number of hydrogen-bond donors (Lipinski definition) is 3. The first-order chi connectivity index (χ1) is 16.8. The second-order valence-corrected chi connectivity index (χ2v) is 8.04. The Hall–Kier alpha value is -4.39. The van der Waals surface area contributed by atoms with E-state index in [-0.39, 0.29) is 12.0 Å². The van der Waals surface area contributed by atoms with E-state index in [1.165, 1.54) is 0 Å². The molecule has 3 heterocycles. The van der Waals surface area contributed by atoms with Crippen molar-refractivity contribution in [3.8, 4) is 0 Å². The third kappa shape index (κ3) is 4.99. The molecular weight excluding hydrogens is 426 g/mol. The zero-order valence-corrected chi connectivity index (χ0v) is 18.6. The molecule has 1 amide bonds. The van der Waals surface area contributed by atoms with Crippen molar-refractivity contribution in [2.75, 3.05) is 11.9 Å². The van der Waals surface area contributed by atoms with Gasteiger partial charge in [-0.25, -0.2) is 0 Å². The lowest BCUT2D eigenvalue weighted by Crippen LogP contribution is -2.33. The molecule has 0 spiro atoms. The summed E-state index contributed by atoms with van der Waals surface area (Å²) in [7, 11) is 0. The first-order valence-corrected chi connectivity index (χ1v) is 11.3. The van der Waals surface area contributed by atoms with Crippen LogP contribution in [0, 0.1) is 0 Å². The number of carbonyl (C=O) groups excluding carboxylic acids is 1. The van der Waals surface area contributed by atoms with E-state index >= 15 is 0 Å². The van der Waals surface area contributed by atoms with E-state index in [1.807, 2.05) is 78.9 Å². The molecule has 1 aliphatic rings. The van der Waals surface area contributed by atoms with Gasteiger partial charge in [0.15, 0.2) is 0 Å². The topological polar surface area (TPSA) is 91.9 Å². The summed E-state index contributed by atoms with van der Waals surface area (Å²) in [5.41, 5.74) is 4.79. The molecule has 0 radical (unpaired) electrons. The van der Waals surface area contributed by atoms with Crippen molar-refractivity contribution in [3.05, 3.63) is 96.1 Å². The minimum atomic E-state index is -0.134. The predicted octanol–water partition coefficient (Wildman–Crippen LogP) is 5.29. The number of nitrogens with one attached hydrogen (secondary N) is 3. The fourth-order valence-corrected chi connectivity index (χ4v) is 3.87. The first-order valence-electron chi connectivity index (χ1n) is 11.3. The van der Waals surface area contributed by atoms with Crippen LogP contribution >= 0.6 is 0 Å². The van der Waals surface area contributed by atoms with E-state index in [0.717, 1.165) is 46.5 Å². The summed E-state index contributed by atoms with van der Waals surface area (Å²) in [6.45, 7) is 0.479. The second kappa shape index (κ2) is 10.0. The maximum atomic E-state index is 12.8. The van der Waals surface area contributed by atoms with Gasteiger partial charge in [-0.3, -0.25) is 14.9 Å². The predicted molar refractivity (Wildman–Crippen MR) is 135 cm³/mol. The van der Waals surface area contributed by atoms with Gasteiger partial charge >= 0.3 is 0 Å². The minimum absolute atomic E-state index is 0.0118. The van der Waals surface area contributed by atoms with E-state index in [4.69, 9.17) is 4.74 Å². The lowest BCUT2D eigenvalue weighted by Gasteiger charge is -2.20. The highest BCUT2D eigenvalue weighted by Gasteiger charge is 2.16. The smallest absolute Gasteiger partial charge is 0.253 e. The molecule has 34 heavy (non-hydrogen) atoms. The van der Waals surface area contributed by atoms with E-state index in [2.05, 4.69) is 25.8 Å². The number of aromatic amines is 1. The maximum Gasteiger partial charge on any atom is 0.253 e. The largest absolute Gasteiger partial charge is 0.497 e. The zero-order chi connectivity index (χ0) is 23.2. The van der Waals surface area contributed by atoms with Crippen molar-refractivity contribution in [1.29, 1.82) is 0 Å². The Bertz CT molecular complexity index is 1340. The maximum absolute atomic E-state index is 12.8. The van der Waals surface area contributed by atoms with Crippen LogP contribution in [0.4, 0.5) is 11.4 Å². The van der Waals surface area contributed by atoms with Gasteiger partial charge in [-0.15, -0.1) is 0 Å². The molecule has 170 valence electrons. The van der Waals surface area contributed by atoms with Gasteiger partial charge in [0.05, 0.1) is 41.0 Å². The molecule has 0 bridgehead atoms. The van der Waals surface area contributed by atoms with Crippen molar-refractivity contribution < 1.29 is 9.53 Å². The summed E-state index contributed by atoms with van der Waals surface area (Å²) < 4.78 is 5.55. The number of ether oxygens (including phenoxy) is 1. The first kappa shape index (κ1) is 21.5. The number of amides is 1. The fraction of sp³-hybridized carbons (Fsp3) is 0.148. The summed E-state index contributed by atoms with van der Waals surface area (Å²) in [6.07, 6.45) is 11.2. The molecule has 2 aromatic carbocycles. The van der Waals surface area contributed by atoms with Gasteiger partial charge in [-0.05, 0) is 73.5 Å². The molecule has 7 heteroatoms. The van der Waals surface area contributed by atoms with Gasteiger partial charge in [0.25, 0.3) is 5.91 Å². The third-order valence-corrected chi connectivity index (χ3v) is 5.66. The summed E-state index contributed by atoms with van der Waals surface area (Å²) in [4.78, 5) is 17.2. The zero-order valence-electron chi connectivity index (χ0n) is 18.6. The standard InChI is InChI=1S/C27H25N5O2/c33-27(29-18-21-8-4-6-16-34-21)23-9-1-2-10-24(23)30-20-11-13-22-25(31-32-26(22)17-20)14-12-19-7-3-5-15-28-19/h1-3,5-7,9-17,21,30H,4,8,18H2,(H,29,33)(H,31,32)/b14-12+. The van der Waals surface area contributed by atoms with Gasteiger partial charge in [0.1, 0.15) is 6.10 Å². The van der Waals surface area contributed by atoms with Gasteiger partial charge in [-0.2, -0.15) is 5.10 Å². The van der Waals surface area contributed by atoms with E-state index < -0.39 is 0 Å². The summed E-state index contributed by atoms with van der Waals surface area (Å²) in [5, 5.41) is 14.9. The SMILES string of the molecule is O=C(NCC1CCC=CO1)c1ccccc1Nc1ccc2c(/C=C/c3ccccn3)n[nH]c2c1. The highest BCUT2D eigenvalue weighted by atomic mass is 16.5. The number of carbonyl (C=O) groups is 1. The molecule has 7 nitrogen and oxygen atoms in total. The number of aromatic nitrogens is 3. The molecule has 1 unspecified atom stereocenters. The van der Waals surface area contributed by atoms with Crippen LogP contribution < -0.4 is 10.6 Å². The van der Waals surface area contributed by atoms with Crippen molar-refractivity contribution >= 4 is 40.3 Å². The lowest BCUT2D eigenvalue weighted by molar-refractivity contribution is 0.0876. The normalized spacial score (nSPS) is 15.4. The summed E-state index contributed by atoms with van der Waals surface area (Å²) >= 11 is 0. The molecular formula is C27H25N5O2. The highest BCUT2D eigenvalue weighted by molar-refractivity contribution is 6.00. The molecule has 4 aromatic rings. The van der Waals surface area contributed by atoms with E-state index in [1.54, 1.807) is 12.5 Å². The third-order valence-electron chi connectivity index (χ3n) is 5.66. The van der Waals surface area contributed by atoms with Crippen molar-refractivity contribution in [3.63, 3.8) is 0 Å². The Labute approximate surface area is 197 Å². The number of nitrogens with zero attached hydrogens (tertiary/aromatic N) is 2. The monoisotopic (exact) mass is 451 g/mol. The molecule has 2 aromatic heterocycles. The van der Waals surface area contributed by atoms with Gasteiger partial charge in [0.2, 0.25) is 0 Å². The molecule has 0 saturated heterocycles.